The van der Waals surface area contributed by atoms with E-state index in [1.807, 2.05) is 0 Å². The molecular weight excluding hydrogens is 242 g/mol. The SMILES string of the molecule is [N-]=[N+]=Nc1ccc(C(=O)NCCCCCCN)cc1. The topological polar surface area (TPSA) is 104 Å². The minimum atomic E-state index is -0.105. The predicted octanol–water partition coefficient (Wildman–Crippen LogP) is 2.88. The van der Waals surface area contributed by atoms with Crippen molar-refractivity contribution >= 4 is 11.6 Å². The molecule has 0 heterocycles. The Morgan fingerprint density at radius 1 is 1.21 bits per heavy atom. The smallest absolute Gasteiger partial charge is 0.251 e. The number of nitrogens with two attached hydrogens (primary N) is 1. The Morgan fingerprint density at radius 3 is 2.53 bits per heavy atom. The molecule has 6 nitrogen and oxygen atoms in total. The zero-order valence-electron chi connectivity index (χ0n) is 10.9. The molecule has 1 rings (SSSR count). The van der Waals surface area contributed by atoms with E-state index in [0.717, 1.165) is 32.2 Å². The van der Waals surface area contributed by atoms with Crippen molar-refractivity contribution in [2.45, 2.75) is 25.7 Å². The van der Waals surface area contributed by atoms with E-state index < -0.39 is 0 Å². The van der Waals surface area contributed by atoms with Gasteiger partial charge in [0.2, 0.25) is 0 Å². The minimum absolute atomic E-state index is 0.105. The van der Waals surface area contributed by atoms with Crippen LogP contribution in [0.15, 0.2) is 29.4 Å². The van der Waals surface area contributed by atoms with Gasteiger partial charge in [-0.1, -0.05) is 30.1 Å². The summed E-state index contributed by atoms with van der Waals surface area (Å²) in [4.78, 5) is 14.4. The molecule has 1 amide bonds. The third-order valence-electron chi connectivity index (χ3n) is 2.71. The number of hydrogen-bond donors (Lipinski definition) is 2. The van der Waals surface area contributed by atoms with Gasteiger partial charge in [-0.15, -0.1) is 0 Å². The molecule has 0 aliphatic heterocycles. The van der Waals surface area contributed by atoms with Crippen molar-refractivity contribution < 1.29 is 4.79 Å². The lowest BCUT2D eigenvalue weighted by molar-refractivity contribution is 0.0953. The summed E-state index contributed by atoms with van der Waals surface area (Å²) in [6.45, 7) is 1.39. The molecule has 0 bridgehead atoms. The highest BCUT2D eigenvalue weighted by molar-refractivity contribution is 5.94. The van der Waals surface area contributed by atoms with Crippen molar-refractivity contribution in [2.24, 2.45) is 10.8 Å². The maximum atomic E-state index is 11.8. The van der Waals surface area contributed by atoms with E-state index in [9.17, 15) is 4.79 Å². The monoisotopic (exact) mass is 261 g/mol. The van der Waals surface area contributed by atoms with Crippen molar-refractivity contribution in [3.8, 4) is 0 Å². The average Bonchev–Trinajstić information content (AvgIpc) is 2.43. The fourth-order valence-electron chi connectivity index (χ4n) is 1.66. The van der Waals surface area contributed by atoms with Gasteiger partial charge in [0.1, 0.15) is 0 Å². The number of nitrogens with zero attached hydrogens (tertiary/aromatic N) is 3. The minimum Gasteiger partial charge on any atom is -0.352 e. The van der Waals surface area contributed by atoms with Gasteiger partial charge in [-0.2, -0.15) is 0 Å². The average molecular weight is 261 g/mol. The Labute approximate surface area is 112 Å². The summed E-state index contributed by atoms with van der Waals surface area (Å²) in [6, 6.07) is 6.54. The van der Waals surface area contributed by atoms with Gasteiger partial charge in [-0.05, 0) is 37.1 Å². The van der Waals surface area contributed by atoms with Crippen LogP contribution < -0.4 is 11.1 Å². The maximum Gasteiger partial charge on any atom is 0.251 e. The highest BCUT2D eigenvalue weighted by Crippen LogP contribution is 2.12. The number of carbonyl (C=O) groups is 1. The second-order valence-corrected chi connectivity index (χ2v) is 4.20. The van der Waals surface area contributed by atoms with Crippen LogP contribution in [0.3, 0.4) is 0 Å². The Kier molecular flexibility index (Phi) is 7.09. The number of rotatable bonds is 8. The molecule has 19 heavy (non-hydrogen) atoms. The van der Waals surface area contributed by atoms with Gasteiger partial charge in [0.15, 0.2) is 0 Å². The lowest BCUT2D eigenvalue weighted by Gasteiger charge is -2.05. The van der Waals surface area contributed by atoms with E-state index in [-0.39, 0.29) is 5.91 Å². The molecule has 0 aliphatic rings. The molecule has 0 saturated carbocycles. The maximum absolute atomic E-state index is 11.8. The number of nitrogens with one attached hydrogen (secondary N) is 1. The molecule has 6 heteroatoms. The zero-order valence-corrected chi connectivity index (χ0v) is 10.9. The Morgan fingerprint density at radius 2 is 1.89 bits per heavy atom. The summed E-state index contributed by atoms with van der Waals surface area (Å²) in [5, 5.41) is 6.30. The van der Waals surface area contributed by atoms with Crippen LogP contribution in [0.5, 0.6) is 0 Å². The normalized spacial score (nSPS) is 9.74. The quantitative estimate of drug-likeness (QED) is 0.325. The predicted molar refractivity (Wildman–Crippen MR) is 75.1 cm³/mol. The summed E-state index contributed by atoms with van der Waals surface area (Å²) < 4.78 is 0. The van der Waals surface area contributed by atoms with Crippen LogP contribution in [-0.4, -0.2) is 19.0 Å². The fourth-order valence-corrected chi connectivity index (χ4v) is 1.66. The first-order valence-electron chi connectivity index (χ1n) is 6.41. The van der Waals surface area contributed by atoms with Gasteiger partial charge in [0.25, 0.3) is 5.91 Å². The third kappa shape index (κ3) is 5.90. The molecule has 0 saturated heterocycles. The van der Waals surface area contributed by atoms with Crippen LogP contribution >= 0.6 is 0 Å². The van der Waals surface area contributed by atoms with Gasteiger partial charge in [0.05, 0.1) is 0 Å². The first kappa shape index (κ1) is 15.0. The second kappa shape index (κ2) is 8.97. The second-order valence-electron chi connectivity index (χ2n) is 4.20. The summed E-state index contributed by atoms with van der Waals surface area (Å²) in [5.74, 6) is -0.105. The van der Waals surface area contributed by atoms with Gasteiger partial charge in [0, 0.05) is 22.7 Å². The molecule has 102 valence electrons. The summed E-state index contributed by atoms with van der Waals surface area (Å²) in [5.41, 5.74) is 14.7. The Balaban J connectivity index is 2.31. The summed E-state index contributed by atoms with van der Waals surface area (Å²) >= 11 is 0. The molecule has 0 atom stereocenters. The van der Waals surface area contributed by atoms with E-state index >= 15 is 0 Å². The van der Waals surface area contributed by atoms with Gasteiger partial charge >= 0.3 is 0 Å². The van der Waals surface area contributed by atoms with E-state index in [0.29, 0.717) is 17.8 Å². The van der Waals surface area contributed by atoms with Crippen molar-refractivity contribution in [1.82, 2.24) is 5.32 Å². The summed E-state index contributed by atoms with van der Waals surface area (Å²) in [7, 11) is 0. The molecule has 3 N–H and O–H groups in total. The van der Waals surface area contributed by atoms with Gasteiger partial charge < -0.3 is 11.1 Å². The molecule has 0 fully saturated rings. The molecule has 1 aromatic rings. The molecule has 0 spiro atoms. The number of unbranched alkanes of at least 4 members (excludes halogenated alkanes) is 3. The lowest BCUT2D eigenvalue weighted by atomic mass is 10.1. The van der Waals surface area contributed by atoms with Crippen molar-refractivity contribution in [3.05, 3.63) is 40.3 Å². The van der Waals surface area contributed by atoms with Crippen LogP contribution in [0.1, 0.15) is 36.0 Å². The van der Waals surface area contributed by atoms with E-state index in [2.05, 4.69) is 15.3 Å². The van der Waals surface area contributed by atoms with Crippen LogP contribution in [0.25, 0.3) is 10.4 Å². The largest absolute Gasteiger partial charge is 0.352 e. The molecule has 0 radical (unpaired) electrons. The highest BCUT2D eigenvalue weighted by atomic mass is 16.1. The molecular formula is C13H19N5O. The van der Waals surface area contributed by atoms with Crippen LogP contribution in [0, 0.1) is 0 Å². The molecule has 0 unspecified atom stereocenters. The molecule has 0 aromatic heterocycles. The number of benzene rings is 1. The van der Waals surface area contributed by atoms with E-state index in [1.54, 1.807) is 24.3 Å². The summed E-state index contributed by atoms with van der Waals surface area (Å²) in [6.07, 6.45) is 4.18. The number of amides is 1. The lowest BCUT2D eigenvalue weighted by Crippen LogP contribution is -2.24. The van der Waals surface area contributed by atoms with E-state index in [4.69, 9.17) is 11.3 Å². The van der Waals surface area contributed by atoms with Crippen molar-refractivity contribution in [3.63, 3.8) is 0 Å². The number of carbonyl (C=O) groups excluding carboxylic acids is 1. The number of azide groups is 1. The zero-order chi connectivity index (χ0) is 13.9. The van der Waals surface area contributed by atoms with Crippen molar-refractivity contribution in [2.75, 3.05) is 13.1 Å². The standard InChI is InChI=1S/C13H19N5O/c14-9-3-1-2-4-10-16-13(19)11-5-7-12(8-6-11)17-18-15/h5-8H,1-4,9-10,14H2,(H,16,19). The van der Waals surface area contributed by atoms with Crippen molar-refractivity contribution in [1.29, 1.82) is 0 Å². The Hall–Kier alpha value is -2.04. The van der Waals surface area contributed by atoms with Crippen LogP contribution in [0.4, 0.5) is 5.69 Å². The molecule has 0 aliphatic carbocycles. The first-order chi connectivity index (χ1) is 9.27. The van der Waals surface area contributed by atoms with E-state index in [1.165, 1.54) is 0 Å². The Bertz CT molecular complexity index is 437. The molecule has 1 aromatic carbocycles. The van der Waals surface area contributed by atoms with Crippen LogP contribution in [-0.2, 0) is 0 Å². The first-order valence-corrected chi connectivity index (χ1v) is 6.41. The van der Waals surface area contributed by atoms with Gasteiger partial charge in [-0.3, -0.25) is 4.79 Å². The van der Waals surface area contributed by atoms with Crippen LogP contribution in [0.2, 0.25) is 0 Å². The number of hydrogen-bond acceptors (Lipinski definition) is 3. The van der Waals surface area contributed by atoms with Gasteiger partial charge in [-0.25, -0.2) is 0 Å². The highest BCUT2D eigenvalue weighted by Gasteiger charge is 2.03. The fraction of sp³-hybridized carbons (Fsp3) is 0.462. The third-order valence-corrected chi connectivity index (χ3v) is 2.71.